The predicted octanol–water partition coefficient (Wildman–Crippen LogP) is 4.16. The lowest BCUT2D eigenvalue weighted by molar-refractivity contribution is -0.141. The van der Waals surface area contributed by atoms with Crippen LogP contribution in [0.1, 0.15) is 41.1 Å². The standard InChI is InChI=1S/C31H35N5O3/c1-22-13-15-25(16-14-22)30(31(38)32-20-26-10-7-19-39-26)35(18-17-24-9-4-3-8-23(24)2)29(37)21-36-28-12-6-5-11-27(28)33-34-36/h3-6,8-9,11-16,26,30H,7,10,17-21H2,1-2H3,(H,32,38). The Bertz CT molecular complexity index is 1430. The van der Waals surface area contributed by atoms with Crippen LogP contribution in [-0.4, -0.2) is 57.5 Å². The molecule has 8 heteroatoms. The van der Waals surface area contributed by atoms with E-state index in [0.717, 1.165) is 52.7 Å². The number of carbonyl (C=O) groups is 2. The first-order valence-electron chi connectivity index (χ1n) is 13.6. The van der Waals surface area contributed by atoms with Gasteiger partial charge in [-0.2, -0.15) is 0 Å². The van der Waals surface area contributed by atoms with Crippen molar-refractivity contribution in [3.8, 4) is 0 Å². The summed E-state index contributed by atoms with van der Waals surface area (Å²) in [6, 6.07) is 22.7. The van der Waals surface area contributed by atoms with Gasteiger partial charge in [0.2, 0.25) is 11.8 Å². The van der Waals surface area contributed by atoms with Gasteiger partial charge >= 0.3 is 0 Å². The fourth-order valence-corrected chi connectivity index (χ4v) is 5.12. The van der Waals surface area contributed by atoms with Crippen LogP contribution < -0.4 is 5.32 Å². The molecule has 1 fully saturated rings. The Balaban J connectivity index is 1.47. The Morgan fingerprint density at radius 2 is 1.82 bits per heavy atom. The molecule has 1 N–H and O–H groups in total. The van der Waals surface area contributed by atoms with Gasteiger partial charge in [-0.3, -0.25) is 9.59 Å². The molecule has 202 valence electrons. The van der Waals surface area contributed by atoms with E-state index in [1.807, 2.05) is 67.6 Å². The van der Waals surface area contributed by atoms with E-state index in [1.165, 1.54) is 0 Å². The second kappa shape index (κ2) is 12.2. The lowest BCUT2D eigenvalue weighted by Gasteiger charge is -2.32. The molecular formula is C31H35N5O3. The molecule has 5 rings (SSSR count). The zero-order chi connectivity index (χ0) is 27.2. The van der Waals surface area contributed by atoms with Gasteiger partial charge in [0.1, 0.15) is 18.1 Å². The molecule has 0 saturated carbocycles. The fraction of sp³-hybridized carbons (Fsp3) is 0.355. The van der Waals surface area contributed by atoms with Crippen LogP contribution in [0.4, 0.5) is 0 Å². The van der Waals surface area contributed by atoms with E-state index in [2.05, 4.69) is 34.7 Å². The zero-order valence-corrected chi connectivity index (χ0v) is 22.5. The number of rotatable bonds is 10. The zero-order valence-electron chi connectivity index (χ0n) is 22.5. The maximum atomic E-state index is 14.0. The molecular weight excluding hydrogens is 490 g/mol. The number of para-hydroxylation sites is 1. The maximum absolute atomic E-state index is 14.0. The Hall–Kier alpha value is -4.04. The Morgan fingerprint density at radius 1 is 1.05 bits per heavy atom. The number of nitrogens with zero attached hydrogens (tertiary/aromatic N) is 4. The highest BCUT2D eigenvalue weighted by atomic mass is 16.5. The van der Waals surface area contributed by atoms with Gasteiger partial charge in [-0.25, -0.2) is 4.68 Å². The van der Waals surface area contributed by atoms with Crippen molar-refractivity contribution < 1.29 is 14.3 Å². The molecule has 4 aromatic rings. The second-order valence-electron chi connectivity index (χ2n) is 10.2. The molecule has 1 aromatic heterocycles. The van der Waals surface area contributed by atoms with Crippen molar-refractivity contribution in [1.29, 1.82) is 0 Å². The van der Waals surface area contributed by atoms with Crippen molar-refractivity contribution in [3.05, 3.63) is 95.1 Å². The number of fused-ring (bicyclic) bond motifs is 1. The summed E-state index contributed by atoms with van der Waals surface area (Å²) in [5.41, 5.74) is 5.66. The molecule has 2 atom stereocenters. The number of hydrogen-bond donors (Lipinski definition) is 1. The topological polar surface area (TPSA) is 89.4 Å². The van der Waals surface area contributed by atoms with E-state index < -0.39 is 6.04 Å². The Labute approximate surface area is 229 Å². The highest BCUT2D eigenvalue weighted by Crippen LogP contribution is 2.25. The monoisotopic (exact) mass is 525 g/mol. The first-order valence-corrected chi connectivity index (χ1v) is 13.6. The number of benzene rings is 3. The Morgan fingerprint density at radius 3 is 2.59 bits per heavy atom. The third kappa shape index (κ3) is 6.34. The molecule has 1 aliphatic heterocycles. The molecule has 0 bridgehead atoms. The molecule has 0 aliphatic carbocycles. The van der Waals surface area contributed by atoms with E-state index in [-0.39, 0.29) is 24.5 Å². The summed E-state index contributed by atoms with van der Waals surface area (Å²) < 4.78 is 7.33. The highest BCUT2D eigenvalue weighted by molar-refractivity contribution is 5.89. The molecule has 39 heavy (non-hydrogen) atoms. The minimum atomic E-state index is -0.793. The van der Waals surface area contributed by atoms with Crippen molar-refractivity contribution in [2.45, 2.75) is 51.8 Å². The number of amides is 2. The third-order valence-corrected chi connectivity index (χ3v) is 7.39. The smallest absolute Gasteiger partial charge is 0.247 e. The molecule has 2 unspecified atom stereocenters. The van der Waals surface area contributed by atoms with Gasteiger partial charge < -0.3 is 15.0 Å². The second-order valence-corrected chi connectivity index (χ2v) is 10.2. The molecule has 0 spiro atoms. The van der Waals surface area contributed by atoms with E-state index >= 15 is 0 Å². The highest BCUT2D eigenvalue weighted by Gasteiger charge is 2.32. The van der Waals surface area contributed by atoms with Crippen molar-refractivity contribution in [2.75, 3.05) is 19.7 Å². The van der Waals surface area contributed by atoms with E-state index in [0.29, 0.717) is 19.5 Å². The van der Waals surface area contributed by atoms with Crippen LogP contribution >= 0.6 is 0 Å². The Kier molecular flexibility index (Phi) is 8.32. The first kappa shape index (κ1) is 26.6. The summed E-state index contributed by atoms with van der Waals surface area (Å²) in [7, 11) is 0. The first-order chi connectivity index (χ1) is 19.0. The number of hydrogen-bond acceptors (Lipinski definition) is 5. The SMILES string of the molecule is Cc1ccc(C(C(=O)NCC2CCCO2)N(CCc2ccccc2C)C(=O)Cn2nnc3ccccc32)cc1. The van der Waals surface area contributed by atoms with Crippen LogP contribution in [0.3, 0.4) is 0 Å². The average molecular weight is 526 g/mol. The number of ether oxygens (including phenoxy) is 1. The number of aryl methyl sites for hydroxylation is 2. The quantitative estimate of drug-likeness (QED) is 0.336. The average Bonchev–Trinajstić information content (AvgIpc) is 3.62. The van der Waals surface area contributed by atoms with Crippen LogP contribution in [0, 0.1) is 13.8 Å². The fourth-order valence-electron chi connectivity index (χ4n) is 5.12. The van der Waals surface area contributed by atoms with Crippen molar-refractivity contribution >= 4 is 22.8 Å². The summed E-state index contributed by atoms with van der Waals surface area (Å²) >= 11 is 0. The van der Waals surface area contributed by atoms with Crippen molar-refractivity contribution in [1.82, 2.24) is 25.2 Å². The van der Waals surface area contributed by atoms with Gasteiger partial charge in [0.15, 0.2) is 0 Å². The van der Waals surface area contributed by atoms with Crippen molar-refractivity contribution in [2.24, 2.45) is 0 Å². The molecule has 2 heterocycles. The molecule has 2 amide bonds. The van der Waals surface area contributed by atoms with Crippen LogP contribution in [0.2, 0.25) is 0 Å². The van der Waals surface area contributed by atoms with E-state index in [4.69, 9.17) is 4.74 Å². The van der Waals surface area contributed by atoms with Gasteiger partial charge in [0.05, 0.1) is 11.6 Å². The number of carbonyl (C=O) groups excluding carboxylic acids is 2. The third-order valence-electron chi connectivity index (χ3n) is 7.39. The normalized spacial score (nSPS) is 15.8. The van der Waals surface area contributed by atoms with Crippen molar-refractivity contribution in [3.63, 3.8) is 0 Å². The molecule has 8 nitrogen and oxygen atoms in total. The molecule has 1 aliphatic rings. The predicted molar refractivity (Wildman–Crippen MR) is 150 cm³/mol. The van der Waals surface area contributed by atoms with Gasteiger partial charge in [-0.15, -0.1) is 5.10 Å². The van der Waals surface area contributed by atoms with Crippen LogP contribution in [0.5, 0.6) is 0 Å². The molecule has 0 radical (unpaired) electrons. The molecule has 3 aromatic carbocycles. The number of nitrogens with one attached hydrogen (secondary N) is 1. The summed E-state index contributed by atoms with van der Waals surface area (Å²) in [4.78, 5) is 29.6. The minimum Gasteiger partial charge on any atom is -0.376 e. The summed E-state index contributed by atoms with van der Waals surface area (Å²) in [5, 5.41) is 11.5. The van der Waals surface area contributed by atoms with Gasteiger partial charge in [0, 0.05) is 19.7 Å². The molecule has 1 saturated heterocycles. The summed E-state index contributed by atoms with van der Waals surface area (Å²) in [5.74, 6) is -0.409. The van der Waals surface area contributed by atoms with Gasteiger partial charge in [0.25, 0.3) is 0 Å². The van der Waals surface area contributed by atoms with Crippen LogP contribution in [0.15, 0.2) is 72.8 Å². The number of aromatic nitrogens is 3. The van der Waals surface area contributed by atoms with Gasteiger partial charge in [-0.05, 0) is 61.9 Å². The largest absolute Gasteiger partial charge is 0.376 e. The summed E-state index contributed by atoms with van der Waals surface area (Å²) in [6.45, 7) is 5.57. The van der Waals surface area contributed by atoms with E-state index in [1.54, 1.807) is 9.58 Å². The van der Waals surface area contributed by atoms with Gasteiger partial charge in [-0.1, -0.05) is 71.4 Å². The van der Waals surface area contributed by atoms with Crippen LogP contribution in [-0.2, 0) is 27.3 Å². The summed E-state index contributed by atoms with van der Waals surface area (Å²) in [6.07, 6.45) is 2.54. The minimum absolute atomic E-state index is 0.00486. The maximum Gasteiger partial charge on any atom is 0.247 e. The lowest BCUT2D eigenvalue weighted by Crippen LogP contribution is -2.47. The lowest BCUT2D eigenvalue weighted by atomic mass is 10.0. The van der Waals surface area contributed by atoms with E-state index in [9.17, 15) is 9.59 Å². The van der Waals surface area contributed by atoms with Crippen LogP contribution in [0.25, 0.3) is 11.0 Å².